The van der Waals surface area contributed by atoms with Crippen molar-refractivity contribution in [3.05, 3.63) is 47.7 Å². The molecule has 1 aromatic carbocycles. The molecule has 0 amide bonds. The van der Waals surface area contributed by atoms with Gasteiger partial charge in [0.1, 0.15) is 18.0 Å². The monoisotopic (exact) mass is 409 g/mol. The smallest absolute Gasteiger partial charge is 0.337 e. The van der Waals surface area contributed by atoms with Crippen LogP contribution in [0.25, 0.3) is 0 Å². The molecule has 1 fully saturated rings. The molecule has 160 valence electrons. The third kappa shape index (κ3) is 4.53. The molecule has 1 saturated carbocycles. The summed E-state index contributed by atoms with van der Waals surface area (Å²) in [7, 11) is 1.39. The van der Waals surface area contributed by atoms with Gasteiger partial charge in [-0.1, -0.05) is 31.4 Å². The normalized spacial score (nSPS) is 17.6. The largest absolute Gasteiger partial charge is 0.489 e. The van der Waals surface area contributed by atoms with Gasteiger partial charge in [0.15, 0.2) is 5.82 Å². The van der Waals surface area contributed by atoms with E-state index in [0.717, 1.165) is 41.8 Å². The summed E-state index contributed by atoms with van der Waals surface area (Å²) in [6, 6.07) is 9.50. The van der Waals surface area contributed by atoms with Gasteiger partial charge in [-0.2, -0.15) is 0 Å². The van der Waals surface area contributed by atoms with Crippen molar-refractivity contribution in [2.24, 2.45) is 5.92 Å². The van der Waals surface area contributed by atoms with Crippen molar-refractivity contribution in [1.82, 2.24) is 4.98 Å². The van der Waals surface area contributed by atoms with E-state index in [1.807, 2.05) is 18.2 Å². The van der Waals surface area contributed by atoms with E-state index in [1.165, 1.54) is 39.2 Å². The van der Waals surface area contributed by atoms with E-state index in [4.69, 9.17) is 9.47 Å². The summed E-state index contributed by atoms with van der Waals surface area (Å²) < 4.78 is 10.7. The van der Waals surface area contributed by atoms with Crippen molar-refractivity contribution in [3.8, 4) is 5.75 Å². The van der Waals surface area contributed by atoms with Crippen LogP contribution in [0.1, 0.15) is 61.0 Å². The SMILES string of the molecule is COC(=O)c1ccc(C(C)Nc2nccc3c2N(CC2CCCCC2)CCO3)cc1. The number of carbonyl (C=O) groups excluding carboxylic acids is 1. The highest BCUT2D eigenvalue weighted by Gasteiger charge is 2.26. The third-order valence-corrected chi connectivity index (χ3v) is 6.21. The van der Waals surface area contributed by atoms with Gasteiger partial charge in [0.25, 0.3) is 0 Å². The number of aromatic nitrogens is 1. The summed E-state index contributed by atoms with van der Waals surface area (Å²) in [5.41, 5.74) is 2.71. The molecular weight excluding hydrogens is 378 g/mol. The lowest BCUT2D eigenvalue weighted by Gasteiger charge is -2.36. The number of anilines is 2. The van der Waals surface area contributed by atoms with Crippen LogP contribution in [-0.2, 0) is 4.74 Å². The zero-order valence-corrected chi connectivity index (χ0v) is 17.9. The second kappa shape index (κ2) is 9.37. The second-order valence-electron chi connectivity index (χ2n) is 8.28. The molecule has 2 aromatic rings. The Morgan fingerprint density at radius 1 is 1.23 bits per heavy atom. The lowest BCUT2D eigenvalue weighted by molar-refractivity contribution is 0.0600. The summed E-state index contributed by atoms with van der Waals surface area (Å²) in [6.07, 6.45) is 8.50. The minimum absolute atomic E-state index is 0.0363. The van der Waals surface area contributed by atoms with E-state index in [2.05, 4.69) is 22.1 Å². The number of nitrogens with one attached hydrogen (secondary N) is 1. The molecule has 4 rings (SSSR count). The van der Waals surface area contributed by atoms with Crippen LogP contribution in [0.5, 0.6) is 5.75 Å². The number of ether oxygens (including phenoxy) is 2. The second-order valence-corrected chi connectivity index (χ2v) is 8.28. The summed E-state index contributed by atoms with van der Waals surface area (Å²) in [5.74, 6) is 2.19. The van der Waals surface area contributed by atoms with Crippen LogP contribution in [0.2, 0.25) is 0 Å². The Morgan fingerprint density at radius 3 is 2.73 bits per heavy atom. The van der Waals surface area contributed by atoms with Gasteiger partial charge >= 0.3 is 5.97 Å². The van der Waals surface area contributed by atoms with Gasteiger partial charge < -0.3 is 19.7 Å². The first-order chi connectivity index (χ1) is 14.7. The number of nitrogens with zero attached hydrogens (tertiary/aromatic N) is 2. The predicted molar refractivity (Wildman–Crippen MR) is 118 cm³/mol. The zero-order chi connectivity index (χ0) is 20.9. The molecule has 1 atom stereocenters. The summed E-state index contributed by atoms with van der Waals surface area (Å²) in [5, 5.41) is 3.57. The van der Waals surface area contributed by atoms with Crippen LogP contribution < -0.4 is 15.0 Å². The van der Waals surface area contributed by atoms with Crippen molar-refractivity contribution in [2.45, 2.75) is 45.1 Å². The minimum Gasteiger partial charge on any atom is -0.489 e. The zero-order valence-electron chi connectivity index (χ0n) is 17.9. The Labute approximate surface area is 178 Å². The fraction of sp³-hybridized carbons (Fsp3) is 0.500. The average Bonchev–Trinajstić information content (AvgIpc) is 2.79. The van der Waals surface area contributed by atoms with E-state index in [1.54, 1.807) is 18.3 Å². The van der Waals surface area contributed by atoms with Gasteiger partial charge in [0, 0.05) is 18.8 Å². The third-order valence-electron chi connectivity index (χ3n) is 6.21. The highest BCUT2D eigenvalue weighted by atomic mass is 16.5. The molecule has 0 radical (unpaired) electrons. The van der Waals surface area contributed by atoms with Gasteiger partial charge in [-0.3, -0.25) is 0 Å². The Bertz CT molecular complexity index is 862. The van der Waals surface area contributed by atoms with E-state index < -0.39 is 0 Å². The molecule has 30 heavy (non-hydrogen) atoms. The topological polar surface area (TPSA) is 63.7 Å². The number of methoxy groups -OCH3 is 1. The maximum atomic E-state index is 11.7. The highest BCUT2D eigenvalue weighted by Crippen LogP contribution is 2.39. The van der Waals surface area contributed by atoms with Crippen molar-refractivity contribution in [1.29, 1.82) is 0 Å². The maximum Gasteiger partial charge on any atom is 0.337 e. The van der Waals surface area contributed by atoms with Gasteiger partial charge in [-0.25, -0.2) is 9.78 Å². The van der Waals surface area contributed by atoms with Crippen LogP contribution in [0, 0.1) is 5.92 Å². The number of pyridine rings is 1. The Balaban J connectivity index is 1.52. The van der Waals surface area contributed by atoms with Gasteiger partial charge in [0.2, 0.25) is 0 Å². The van der Waals surface area contributed by atoms with Gasteiger partial charge in [-0.15, -0.1) is 0 Å². The number of esters is 1. The fourth-order valence-electron chi connectivity index (χ4n) is 4.52. The molecule has 1 aliphatic heterocycles. The summed E-state index contributed by atoms with van der Waals surface area (Å²) in [6.45, 7) is 4.78. The molecule has 2 aliphatic rings. The number of fused-ring (bicyclic) bond motifs is 1. The first kappa shape index (κ1) is 20.5. The Morgan fingerprint density at radius 2 is 2.00 bits per heavy atom. The van der Waals surface area contributed by atoms with Crippen LogP contribution in [0.4, 0.5) is 11.5 Å². The molecule has 0 spiro atoms. The van der Waals surface area contributed by atoms with Gasteiger partial charge in [0.05, 0.1) is 25.3 Å². The maximum absolute atomic E-state index is 11.7. The summed E-state index contributed by atoms with van der Waals surface area (Å²) >= 11 is 0. The summed E-state index contributed by atoms with van der Waals surface area (Å²) in [4.78, 5) is 18.8. The molecule has 6 nitrogen and oxygen atoms in total. The van der Waals surface area contributed by atoms with Crippen molar-refractivity contribution in [2.75, 3.05) is 37.0 Å². The minimum atomic E-state index is -0.323. The molecule has 1 unspecified atom stereocenters. The number of hydrogen-bond acceptors (Lipinski definition) is 6. The van der Waals surface area contributed by atoms with E-state index in [-0.39, 0.29) is 12.0 Å². The standard InChI is InChI=1S/C24H31N3O3/c1-17(19-8-10-20(11-9-19)24(28)29-2)26-23-22-21(12-13-25-23)30-15-14-27(22)16-18-6-4-3-5-7-18/h8-13,17-18H,3-7,14-16H2,1-2H3,(H,25,26). The van der Waals surface area contributed by atoms with Crippen LogP contribution in [-0.4, -0.2) is 37.8 Å². The Hall–Kier alpha value is -2.76. The molecule has 1 aliphatic carbocycles. The number of hydrogen-bond donors (Lipinski definition) is 1. The predicted octanol–water partition coefficient (Wildman–Crippen LogP) is 4.82. The molecule has 6 heteroatoms. The van der Waals surface area contributed by atoms with Crippen molar-refractivity contribution < 1.29 is 14.3 Å². The van der Waals surface area contributed by atoms with Crippen LogP contribution in [0.15, 0.2) is 36.5 Å². The highest BCUT2D eigenvalue weighted by molar-refractivity contribution is 5.89. The molecular formula is C24H31N3O3. The molecule has 0 bridgehead atoms. The number of carbonyl (C=O) groups is 1. The van der Waals surface area contributed by atoms with E-state index >= 15 is 0 Å². The van der Waals surface area contributed by atoms with Crippen molar-refractivity contribution >= 4 is 17.5 Å². The molecule has 0 saturated heterocycles. The number of benzene rings is 1. The van der Waals surface area contributed by atoms with E-state index in [0.29, 0.717) is 12.2 Å². The number of rotatable bonds is 6. The molecule has 1 aromatic heterocycles. The Kier molecular flexibility index (Phi) is 6.41. The quantitative estimate of drug-likeness (QED) is 0.690. The lowest BCUT2D eigenvalue weighted by Crippen LogP contribution is -2.37. The molecule has 2 heterocycles. The van der Waals surface area contributed by atoms with Crippen LogP contribution >= 0.6 is 0 Å². The van der Waals surface area contributed by atoms with Crippen LogP contribution in [0.3, 0.4) is 0 Å². The first-order valence-corrected chi connectivity index (χ1v) is 11.0. The van der Waals surface area contributed by atoms with Crippen molar-refractivity contribution in [3.63, 3.8) is 0 Å². The van der Waals surface area contributed by atoms with Gasteiger partial charge in [-0.05, 0) is 43.4 Å². The fourth-order valence-corrected chi connectivity index (χ4v) is 4.52. The lowest BCUT2D eigenvalue weighted by atomic mass is 9.89. The first-order valence-electron chi connectivity index (χ1n) is 11.0. The molecule has 1 N–H and O–H groups in total. The van der Waals surface area contributed by atoms with E-state index in [9.17, 15) is 4.79 Å². The average molecular weight is 410 g/mol.